The predicted molar refractivity (Wildman–Crippen MR) is 39.6 cm³/mol. The Morgan fingerprint density at radius 2 is 1.64 bits per heavy atom. The van der Waals surface area contributed by atoms with Crippen LogP contribution in [0.3, 0.4) is 0 Å². The van der Waals surface area contributed by atoms with E-state index in [0.717, 1.165) is 0 Å². The molecular formula is C8H14F2O. The Morgan fingerprint density at radius 3 is 1.73 bits per heavy atom. The molecule has 0 saturated carbocycles. The fourth-order valence-corrected chi connectivity index (χ4v) is 0.703. The Labute approximate surface area is 65.8 Å². The lowest BCUT2D eigenvalue weighted by atomic mass is 9.91. The SMILES string of the molecule is CC(C)C(C)C(=O)C(C)(F)F. The summed E-state index contributed by atoms with van der Waals surface area (Å²) in [4.78, 5) is 10.9. The molecule has 0 bridgehead atoms. The number of halogens is 2. The fourth-order valence-electron chi connectivity index (χ4n) is 0.703. The summed E-state index contributed by atoms with van der Waals surface area (Å²) in [6, 6.07) is 0. The Bertz CT molecular complexity index is 147. The van der Waals surface area contributed by atoms with E-state index in [0.29, 0.717) is 6.92 Å². The lowest BCUT2D eigenvalue weighted by Gasteiger charge is -2.17. The molecule has 1 unspecified atom stereocenters. The lowest BCUT2D eigenvalue weighted by Crippen LogP contribution is -2.32. The van der Waals surface area contributed by atoms with E-state index < -0.39 is 17.6 Å². The summed E-state index contributed by atoms with van der Waals surface area (Å²) in [5.41, 5.74) is 0. The van der Waals surface area contributed by atoms with Gasteiger partial charge in [-0.3, -0.25) is 4.79 Å². The van der Waals surface area contributed by atoms with Crippen LogP contribution in [0.2, 0.25) is 0 Å². The predicted octanol–water partition coefficient (Wildman–Crippen LogP) is 2.50. The molecule has 66 valence electrons. The van der Waals surface area contributed by atoms with E-state index in [1.54, 1.807) is 13.8 Å². The number of carbonyl (C=O) groups is 1. The fraction of sp³-hybridized carbons (Fsp3) is 0.875. The highest BCUT2D eigenvalue weighted by Crippen LogP contribution is 2.22. The number of ketones is 1. The van der Waals surface area contributed by atoms with Crippen LogP contribution >= 0.6 is 0 Å². The van der Waals surface area contributed by atoms with E-state index in [2.05, 4.69) is 0 Å². The van der Waals surface area contributed by atoms with Gasteiger partial charge in [-0.1, -0.05) is 20.8 Å². The molecule has 1 nitrogen and oxygen atoms in total. The average Bonchev–Trinajstić information content (AvgIpc) is 1.82. The molecule has 0 radical (unpaired) electrons. The van der Waals surface area contributed by atoms with Gasteiger partial charge in [-0.05, 0) is 5.92 Å². The number of rotatable bonds is 3. The molecule has 11 heavy (non-hydrogen) atoms. The van der Waals surface area contributed by atoms with E-state index in [9.17, 15) is 13.6 Å². The molecule has 0 aliphatic rings. The Morgan fingerprint density at radius 1 is 1.27 bits per heavy atom. The van der Waals surface area contributed by atoms with Crippen molar-refractivity contribution in [3.05, 3.63) is 0 Å². The van der Waals surface area contributed by atoms with Crippen LogP contribution in [-0.2, 0) is 4.79 Å². The number of carbonyl (C=O) groups excluding carboxylic acids is 1. The van der Waals surface area contributed by atoms with Crippen LogP contribution in [-0.4, -0.2) is 11.7 Å². The highest BCUT2D eigenvalue weighted by Gasteiger charge is 2.36. The van der Waals surface area contributed by atoms with Crippen molar-refractivity contribution in [2.75, 3.05) is 0 Å². The minimum Gasteiger partial charge on any atom is -0.293 e. The van der Waals surface area contributed by atoms with Crippen LogP contribution in [0, 0.1) is 11.8 Å². The van der Waals surface area contributed by atoms with Crippen molar-refractivity contribution in [3.63, 3.8) is 0 Å². The van der Waals surface area contributed by atoms with Gasteiger partial charge in [0.05, 0.1) is 0 Å². The van der Waals surface area contributed by atoms with E-state index in [1.165, 1.54) is 6.92 Å². The minimum atomic E-state index is -3.18. The lowest BCUT2D eigenvalue weighted by molar-refractivity contribution is -0.145. The third kappa shape index (κ3) is 2.95. The van der Waals surface area contributed by atoms with Crippen molar-refractivity contribution in [3.8, 4) is 0 Å². The summed E-state index contributed by atoms with van der Waals surface area (Å²) in [6.45, 7) is 5.70. The van der Waals surface area contributed by atoms with Crippen LogP contribution in [0.1, 0.15) is 27.7 Å². The molecule has 1 atom stereocenters. The first-order valence-electron chi connectivity index (χ1n) is 3.69. The van der Waals surface area contributed by atoms with E-state index in [4.69, 9.17) is 0 Å². The van der Waals surface area contributed by atoms with Gasteiger partial charge in [0.25, 0.3) is 0 Å². The first kappa shape index (κ1) is 10.5. The van der Waals surface area contributed by atoms with Gasteiger partial charge in [-0.2, -0.15) is 8.78 Å². The Balaban J connectivity index is 4.26. The number of hydrogen-bond donors (Lipinski definition) is 0. The third-order valence-corrected chi connectivity index (χ3v) is 1.85. The van der Waals surface area contributed by atoms with Crippen molar-refractivity contribution in [1.82, 2.24) is 0 Å². The molecule has 0 saturated heterocycles. The summed E-state index contributed by atoms with van der Waals surface area (Å²) in [5, 5.41) is 0. The van der Waals surface area contributed by atoms with Crippen LogP contribution in [0.15, 0.2) is 0 Å². The highest BCUT2D eigenvalue weighted by molar-refractivity contribution is 5.87. The number of Topliss-reactive ketones (excluding diaryl/α,β-unsaturated/α-hetero) is 1. The second-order valence-electron chi connectivity index (χ2n) is 3.29. The molecule has 0 aliphatic heterocycles. The molecule has 0 amide bonds. The number of hydrogen-bond acceptors (Lipinski definition) is 1. The van der Waals surface area contributed by atoms with Crippen molar-refractivity contribution < 1.29 is 13.6 Å². The van der Waals surface area contributed by atoms with Gasteiger partial charge < -0.3 is 0 Å². The molecule has 0 rings (SSSR count). The largest absolute Gasteiger partial charge is 0.302 e. The molecular weight excluding hydrogens is 150 g/mol. The summed E-state index contributed by atoms with van der Waals surface area (Å²) in [5.74, 6) is -4.72. The van der Waals surface area contributed by atoms with E-state index in [-0.39, 0.29) is 5.92 Å². The maximum Gasteiger partial charge on any atom is 0.302 e. The first-order valence-corrected chi connectivity index (χ1v) is 3.69. The molecule has 0 N–H and O–H groups in total. The molecule has 0 aliphatic carbocycles. The number of alkyl halides is 2. The van der Waals surface area contributed by atoms with Gasteiger partial charge in [0.1, 0.15) is 0 Å². The van der Waals surface area contributed by atoms with Gasteiger partial charge in [0.15, 0.2) is 0 Å². The van der Waals surface area contributed by atoms with Crippen molar-refractivity contribution >= 4 is 5.78 Å². The zero-order valence-corrected chi connectivity index (χ0v) is 7.32. The van der Waals surface area contributed by atoms with Crippen molar-refractivity contribution in [1.29, 1.82) is 0 Å². The summed E-state index contributed by atoms with van der Waals surface area (Å²) in [6.07, 6.45) is 0. The Kier molecular flexibility index (Phi) is 3.14. The van der Waals surface area contributed by atoms with Gasteiger partial charge >= 0.3 is 5.92 Å². The smallest absolute Gasteiger partial charge is 0.293 e. The molecule has 0 spiro atoms. The average molecular weight is 164 g/mol. The van der Waals surface area contributed by atoms with Gasteiger partial charge in [-0.25, -0.2) is 0 Å². The molecule has 0 aromatic rings. The normalized spacial score (nSPS) is 15.2. The second kappa shape index (κ2) is 3.28. The maximum absolute atomic E-state index is 12.4. The van der Waals surface area contributed by atoms with Gasteiger partial charge in [0, 0.05) is 12.8 Å². The van der Waals surface area contributed by atoms with Gasteiger partial charge in [-0.15, -0.1) is 0 Å². The molecule has 0 heterocycles. The monoisotopic (exact) mass is 164 g/mol. The van der Waals surface area contributed by atoms with E-state index in [1.807, 2.05) is 0 Å². The zero-order chi connectivity index (χ0) is 9.23. The highest BCUT2D eigenvalue weighted by atomic mass is 19.3. The minimum absolute atomic E-state index is 0.0201. The van der Waals surface area contributed by atoms with Crippen LogP contribution in [0.5, 0.6) is 0 Å². The maximum atomic E-state index is 12.4. The van der Waals surface area contributed by atoms with Crippen LogP contribution < -0.4 is 0 Å². The second-order valence-corrected chi connectivity index (χ2v) is 3.29. The van der Waals surface area contributed by atoms with Crippen molar-refractivity contribution in [2.24, 2.45) is 11.8 Å². The third-order valence-electron chi connectivity index (χ3n) is 1.85. The van der Waals surface area contributed by atoms with Crippen LogP contribution in [0.4, 0.5) is 8.78 Å². The van der Waals surface area contributed by atoms with Gasteiger partial charge in [0.2, 0.25) is 5.78 Å². The molecule has 0 aromatic heterocycles. The zero-order valence-electron chi connectivity index (χ0n) is 7.32. The standard InChI is InChI=1S/C8H14F2O/c1-5(2)6(3)7(11)8(4,9)10/h5-6H,1-4H3. The summed E-state index contributed by atoms with van der Waals surface area (Å²) >= 11 is 0. The molecule has 0 fully saturated rings. The first-order chi connectivity index (χ1) is 4.76. The molecule has 0 aromatic carbocycles. The summed E-state index contributed by atoms with van der Waals surface area (Å²) < 4.78 is 24.8. The molecule has 3 heteroatoms. The van der Waals surface area contributed by atoms with E-state index >= 15 is 0 Å². The van der Waals surface area contributed by atoms with Crippen LogP contribution in [0.25, 0.3) is 0 Å². The van der Waals surface area contributed by atoms with Crippen molar-refractivity contribution in [2.45, 2.75) is 33.6 Å². The quantitative estimate of drug-likeness (QED) is 0.626. The Hall–Kier alpha value is -0.470. The summed E-state index contributed by atoms with van der Waals surface area (Å²) in [7, 11) is 0. The topological polar surface area (TPSA) is 17.1 Å².